The van der Waals surface area contributed by atoms with Crippen LogP contribution in [-0.4, -0.2) is 38.4 Å². The molecule has 6 nitrogen and oxygen atoms in total. The fraction of sp³-hybridized carbons (Fsp3) is 0.312. The number of carbonyl (C=O) groups is 1. The molecule has 1 amide bonds. The Hall–Kier alpha value is -2.41. The van der Waals surface area contributed by atoms with Crippen molar-refractivity contribution in [3.05, 3.63) is 51.2 Å². The molecule has 1 unspecified atom stereocenters. The van der Waals surface area contributed by atoms with Crippen molar-refractivity contribution in [2.75, 3.05) is 13.1 Å². The summed E-state index contributed by atoms with van der Waals surface area (Å²) in [7, 11) is 0. The van der Waals surface area contributed by atoms with E-state index in [-0.39, 0.29) is 17.6 Å². The maximum Gasteiger partial charge on any atom is 0.327 e. The number of thiophene rings is 1. The predicted octanol–water partition coefficient (Wildman–Crippen LogP) is 1.80. The van der Waals surface area contributed by atoms with Crippen molar-refractivity contribution in [2.24, 2.45) is 0 Å². The number of amides is 1. The zero-order valence-electron chi connectivity index (χ0n) is 12.4. The van der Waals surface area contributed by atoms with Gasteiger partial charge in [0.05, 0.1) is 18.0 Å². The number of H-pyrrole nitrogens is 1. The van der Waals surface area contributed by atoms with Crippen molar-refractivity contribution in [2.45, 2.75) is 18.9 Å². The van der Waals surface area contributed by atoms with Gasteiger partial charge < -0.3 is 9.88 Å². The number of aromatic nitrogens is 3. The molecule has 7 heteroatoms. The Morgan fingerprint density at radius 3 is 3.17 bits per heavy atom. The fourth-order valence-electron chi connectivity index (χ4n) is 3.16. The quantitative estimate of drug-likeness (QED) is 0.797. The van der Waals surface area contributed by atoms with Crippen molar-refractivity contribution >= 4 is 28.4 Å². The van der Waals surface area contributed by atoms with Gasteiger partial charge in [0.1, 0.15) is 0 Å². The topological polar surface area (TPSA) is 71.0 Å². The minimum atomic E-state index is -0.157. The van der Waals surface area contributed by atoms with Crippen LogP contribution >= 0.6 is 11.3 Å². The summed E-state index contributed by atoms with van der Waals surface area (Å²) >= 11 is 1.60. The third kappa shape index (κ3) is 2.57. The smallest absolute Gasteiger partial charge is 0.327 e. The molecule has 0 radical (unpaired) electrons. The number of hydrogen-bond donors (Lipinski definition) is 1. The van der Waals surface area contributed by atoms with Crippen molar-refractivity contribution in [3.63, 3.8) is 0 Å². The SMILES string of the molecule is O=C(Cc1ccsc1)N1CCC(n2c(=O)[nH]c3cccnc32)C1. The Bertz CT molecular complexity index is 896. The summed E-state index contributed by atoms with van der Waals surface area (Å²) in [6, 6.07) is 5.60. The summed E-state index contributed by atoms with van der Waals surface area (Å²) in [4.78, 5) is 33.6. The second-order valence-corrected chi connectivity index (χ2v) is 6.55. The number of aromatic amines is 1. The highest BCUT2D eigenvalue weighted by Gasteiger charge is 2.29. The summed E-state index contributed by atoms with van der Waals surface area (Å²) in [6.45, 7) is 1.24. The van der Waals surface area contributed by atoms with E-state index in [0.29, 0.717) is 25.2 Å². The monoisotopic (exact) mass is 328 g/mol. The standard InChI is InChI=1S/C16H16N4O2S/c21-14(8-11-4-7-23-10-11)19-6-3-12(9-19)20-15-13(18-16(20)22)2-1-5-17-15/h1-2,4-5,7,10,12H,3,6,8-9H2,(H,18,22). The molecular weight excluding hydrogens is 312 g/mol. The molecule has 0 aromatic carbocycles. The highest BCUT2D eigenvalue weighted by molar-refractivity contribution is 7.08. The van der Waals surface area contributed by atoms with Crippen LogP contribution in [0.15, 0.2) is 40.0 Å². The van der Waals surface area contributed by atoms with Crippen LogP contribution in [0.5, 0.6) is 0 Å². The largest absolute Gasteiger partial charge is 0.340 e. The Balaban J connectivity index is 1.54. The summed E-state index contributed by atoms with van der Waals surface area (Å²) < 4.78 is 1.69. The van der Waals surface area contributed by atoms with Gasteiger partial charge in [-0.1, -0.05) is 0 Å². The Labute approximate surface area is 136 Å². The van der Waals surface area contributed by atoms with Gasteiger partial charge in [0, 0.05) is 19.3 Å². The molecule has 0 aliphatic carbocycles. The molecule has 23 heavy (non-hydrogen) atoms. The van der Waals surface area contributed by atoms with E-state index >= 15 is 0 Å². The predicted molar refractivity (Wildman–Crippen MR) is 88.6 cm³/mol. The molecular formula is C16H16N4O2S. The van der Waals surface area contributed by atoms with Gasteiger partial charge in [-0.2, -0.15) is 11.3 Å². The molecule has 0 saturated carbocycles. The first-order valence-corrected chi connectivity index (χ1v) is 8.51. The molecule has 1 fully saturated rings. The zero-order chi connectivity index (χ0) is 15.8. The second kappa shape index (κ2) is 5.66. The average Bonchev–Trinajstić information content (AvgIpc) is 3.25. The van der Waals surface area contributed by atoms with Crippen LogP contribution in [0.25, 0.3) is 11.2 Å². The number of likely N-dealkylation sites (tertiary alicyclic amines) is 1. The van der Waals surface area contributed by atoms with Crippen molar-refractivity contribution in [1.82, 2.24) is 19.4 Å². The van der Waals surface area contributed by atoms with E-state index in [1.54, 1.807) is 28.2 Å². The highest BCUT2D eigenvalue weighted by Crippen LogP contribution is 2.24. The van der Waals surface area contributed by atoms with E-state index in [1.165, 1.54) is 0 Å². The van der Waals surface area contributed by atoms with Gasteiger partial charge in [0.2, 0.25) is 5.91 Å². The average molecular weight is 328 g/mol. The van der Waals surface area contributed by atoms with E-state index in [4.69, 9.17) is 0 Å². The van der Waals surface area contributed by atoms with E-state index in [9.17, 15) is 9.59 Å². The normalized spacial score (nSPS) is 17.9. The van der Waals surface area contributed by atoms with Gasteiger partial charge in [-0.15, -0.1) is 0 Å². The summed E-state index contributed by atoms with van der Waals surface area (Å²) in [6.07, 6.45) is 2.89. The number of pyridine rings is 1. The molecule has 4 rings (SSSR count). The molecule has 3 aromatic rings. The van der Waals surface area contributed by atoms with Crippen molar-refractivity contribution < 1.29 is 4.79 Å². The Morgan fingerprint density at radius 2 is 2.35 bits per heavy atom. The zero-order valence-corrected chi connectivity index (χ0v) is 13.3. The van der Waals surface area contributed by atoms with Gasteiger partial charge in [-0.05, 0) is 40.9 Å². The van der Waals surface area contributed by atoms with E-state index in [2.05, 4.69) is 9.97 Å². The molecule has 0 bridgehead atoms. The van der Waals surface area contributed by atoms with Crippen LogP contribution in [0.3, 0.4) is 0 Å². The van der Waals surface area contributed by atoms with Crippen LogP contribution in [-0.2, 0) is 11.2 Å². The number of hydrogen-bond acceptors (Lipinski definition) is 4. The maximum absolute atomic E-state index is 12.4. The maximum atomic E-state index is 12.4. The van der Waals surface area contributed by atoms with Gasteiger partial charge in [0.15, 0.2) is 5.65 Å². The lowest BCUT2D eigenvalue weighted by Gasteiger charge is -2.16. The minimum Gasteiger partial charge on any atom is -0.340 e. The van der Waals surface area contributed by atoms with Crippen LogP contribution < -0.4 is 5.69 Å². The molecule has 118 valence electrons. The third-order valence-corrected chi connectivity index (χ3v) is 5.02. The van der Waals surface area contributed by atoms with E-state index < -0.39 is 0 Å². The molecule has 0 spiro atoms. The number of fused-ring (bicyclic) bond motifs is 1. The summed E-state index contributed by atoms with van der Waals surface area (Å²) in [5.74, 6) is 0.117. The van der Waals surface area contributed by atoms with Crippen LogP contribution in [0.2, 0.25) is 0 Å². The lowest BCUT2D eigenvalue weighted by molar-refractivity contribution is -0.129. The fourth-order valence-corrected chi connectivity index (χ4v) is 3.82. The number of rotatable bonds is 3. The van der Waals surface area contributed by atoms with Gasteiger partial charge in [-0.3, -0.25) is 9.36 Å². The van der Waals surface area contributed by atoms with Gasteiger partial charge in [0.25, 0.3) is 0 Å². The Morgan fingerprint density at radius 1 is 1.43 bits per heavy atom. The molecule has 4 heterocycles. The molecule has 1 saturated heterocycles. The number of nitrogens with zero attached hydrogens (tertiary/aromatic N) is 3. The van der Waals surface area contributed by atoms with Crippen molar-refractivity contribution in [3.8, 4) is 0 Å². The Kier molecular flexibility index (Phi) is 3.49. The lowest BCUT2D eigenvalue weighted by Crippen LogP contribution is -2.31. The van der Waals surface area contributed by atoms with Gasteiger partial charge >= 0.3 is 5.69 Å². The number of nitrogens with one attached hydrogen (secondary N) is 1. The van der Waals surface area contributed by atoms with Gasteiger partial charge in [-0.25, -0.2) is 9.78 Å². The third-order valence-electron chi connectivity index (χ3n) is 4.29. The number of imidazole rings is 1. The second-order valence-electron chi connectivity index (χ2n) is 5.77. The number of carbonyl (C=O) groups excluding carboxylic acids is 1. The van der Waals surface area contributed by atoms with Crippen LogP contribution in [0.1, 0.15) is 18.0 Å². The van der Waals surface area contributed by atoms with Crippen LogP contribution in [0, 0.1) is 0 Å². The first-order valence-electron chi connectivity index (χ1n) is 7.56. The van der Waals surface area contributed by atoms with Crippen molar-refractivity contribution in [1.29, 1.82) is 0 Å². The molecule has 1 N–H and O–H groups in total. The summed E-state index contributed by atoms with van der Waals surface area (Å²) in [5.41, 5.74) is 2.29. The first kappa shape index (κ1) is 14.2. The molecule has 1 atom stereocenters. The highest BCUT2D eigenvalue weighted by atomic mass is 32.1. The van der Waals surface area contributed by atoms with E-state index in [0.717, 1.165) is 17.5 Å². The first-order chi connectivity index (χ1) is 11.2. The van der Waals surface area contributed by atoms with E-state index in [1.807, 2.05) is 27.8 Å². The molecule has 1 aliphatic heterocycles. The lowest BCUT2D eigenvalue weighted by atomic mass is 10.2. The van der Waals surface area contributed by atoms with Crippen LogP contribution in [0.4, 0.5) is 0 Å². The molecule has 3 aromatic heterocycles. The molecule has 1 aliphatic rings. The minimum absolute atomic E-state index is 0.0161. The summed E-state index contributed by atoms with van der Waals surface area (Å²) in [5, 5.41) is 3.98.